The van der Waals surface area contributed by atoms with Crippen molar-refractivity contribution in [2.75, 3.05) is 18.4 Å². The zero-order valence-corrected chi connectivity index (χ0v) is 18.2. The molecule has 0 radical (unpaired) electrons. The average molecular weight is 449 g/mol. The number of halogens is 3. The van der Waals surface area contributed by atoms with Gasteiger partial charge in [0.2, 0.25) is 0 Å². The minimum absolute atomic E-state index is 0. The van der Waals surface area contributed by atoms with Crippen LogP contribution >= 0.6 is 24.0 Å². The minimum atomic E-state index is -0.418. The number of hydrogen-bond acceptors (Lipinski definition) is 4. The molecule has 0 unspecified atom stereocenters. The van der Waals surface area contributed by atoms with E-state index in [1.807, 2.05) is 24.0 Å². The fourth-order valence-electron chi connectivity index (χ4n) is 3.64. The van der Waals surface area contributed by atoms with Crippen LogP contribution < -0.4 is 5.32 Å². The molecule has 0 spiro atoms. The summed E-state index contributed by atoms with van der Waals surface area (Å²) in [5.41, 5.74) is 2.95. The first-order valence-corrected chi connectivity index (χ1v) is 10.2. The van der Waals surface area contributed by atoms with Gasteiger partial charge in [-0.15, -0.1) is 12.4 Å². The lowest BCUT2D eigenvalue weighted by Crippen LogP contribution is -2.32. The Morgan fingerprint density at radius 3 is 2.57 bits per heavy atom. The first-order valence-electron chi connectivity index (χ1n) is 9.80. The van der Waals surface area contributed by atoms with Gasteiger partial charge in [-0.1, -0.05) is 24.4 Å². The Morgan fingerprint density at radius 1 is 1.13 bits per heavy atom. The third-order valence-electron chi connectivity index (χ3n) is 5.18. The first kappa shape index (κ1) is 22.2. The van der Waals surface area contributed by atoms with Crippen LogP contribution in [0.1, 0.15) is 41.7 Å². The fourth-order valence-corrected chi connectivity index (χ4v) is 3.85. The number of rotatable bonds is 3. The van der Waals surface area contributed by atoms with Crippen LogP contribution in [0.3, 0.4) is 0 Å². The third kappa shape index (κ3) is 4.65. The first-order chi connectivity index (χ1) is 14.0. The number of anilines is 2. The molecule has 158 valence electrons. The van der Waals surface area contributed by atoms with Gasteiger partial charge in [0.1, 0.15) is 5.82 Å². The summed E-state index contributed by atoms with van der Waals surface area (Å²) in [6, 6.07) is 7.90. The molecule has 2 aromatic heterocycles. The van der Waals surface area contributed by atoms with Gasteiger partial charge >= 0.3 is 0 Å². The number of aryl methyl sites for hydroxylation is 1. The van der Waals surface area contributed by atoms with E-state index < -0.39 is 5.82 Å². The summed E-state index contributed by atoms with van der Waals surface area (Å²) in [6.45, 7) is 3.36. The standard InChI is InChI=1S/C22H22ClFN4O.ClH/c1-14-6-8-16-20(27-19-9-7-15(24)12-18(19)23)17(13-25-21(16)26-14)22(29)28-10-4-2-3-5-11-28;/h6-9,12-13H,2-5,10-11H2,1H3,(H,25,26,27);1H. The maximum Gasteiger partial charge on any atom is 0.257 e. The highest BCUT2D eigenvalue weighted by atomic mass is 35.5. The molecule has 0 bridgehead atoms. The lowest BCUT2D eigenvalue weighted by molar-refractivity contribution is 0.0762. The number of carbonyl (C=O) groups excluding carboxylic acids is 1. The largest absolute Gasteiger partial charge is 0.353 e. The Labute approximate surface area is 186 Å². The van der Waals surface area contributed by atoms with Crippen molar-refractivity contribution in [3.05, 3.63) is 58.6 Å². The highest BCUT2D eigenvalue weighted by molar-refractivity contribution is 6.33. The Balaban J connectivity index is 0.00000256. The van der Waals surface area contributed by atoms with Crippen LogP contribution in [-0.2, 0) is 0 Å². The van der Waals surface area contributed by atoms with E-state index in [4.69, 9.17) is 11.6 Å². The maximum absolute atomic E-state index is 13.5. The molecular weight excluding hydrogens is 426 g/mol. The van der Waals surface area contributed by atoms with Crippen molar-refractivity contribution in [3.8, 4) is 0 Å². The molecule has 0 atom stereocenters. The van der Waals surface area contributed by atoms with Crippen LogP contribution in [0.2, 0.25) is 5.02 Å². The number of benzene rings is 1. The predicted octanol–water partition coefficient (Wildman–Crippen LogP) is 5.91. The third-order valence-corrected chi connectivity index (χ3v) is 5.50. The van der Waals surface area contributed by atoms with Gasteiger partial charge in [0.25, 0.3) is 5.91 Å². The van der Waals surface area contributed by atoms with Crippen molar-refractivity contribution in [1.29, 1.82) is 0 Å². The van der Waals surface area contributed by atoms with E-state index >= 15 is 0 Å². The Kier molecular flexibility index (Phi) is 7.10. The van der Waals surface area contributed by atoms with Gasteiger partial charge < -0.3 is 10.2 Å². The van der Waals surface area contributed by atoms with Gasteiger partial charge in [0.15, 0.2) is 5.65 Å². The Hall–Kier alpha value is -2.44. The van der Waals surface area contributed by atoms with Gasteiger partial charge in [-0.05, 0) is 50.1 Å². The lowest BCUT2D eigenvalue weighted by Gasteiger charge is -2.23. The fraction of sp³-hybridized carbons (Fsp3) is 0.318. The second kappa shape index (κ2) is 9.58. The Bertz CT molecular complexity index is 1070. The van der Waals surface area contributed by atoms with E-state index in [0.717, 1.165) is 49.9 Å². The quantitative estimate of drug-likeness (QED) is 0.540. The monoisotopic (exact) mass is 448 g/mol. The molecule has 4 rings (SSSR count). The zero-order chi connectivity index (χ0) is 20.4. The molecule has 30 heavy (non-hydrogen) atoms. The number of nitrogens with zero attached hydrogens (tertiary/aromatic N) is 3. The maximum atomic E-state index is 13.5. The van der Waals surface area contributed by atoms with Crippen LogP contribution in [0.4, 0.5) is 15.8 Å². The highest BCUT2D eigenvalue weighted by Gasteiger charge is 2.23. The average Bonchev–Trinajstić information content (AvgIpc) is 2.99. The molecule has 1 amide bonds. The normalized spacial score (nSPS) is 14.2. The van der Waals surface area contributed by atoms with E-state index in [1.165, 1.54) is 12.1 Å². The van der Waals surface area contributed by atoms with Crippen LogP contribution in [0, 0.1) is 12.7 Å². The van der Waals surface area contributed by atoms with E-state index in [-0.39, 0.29) is 23.3 Å². The van der Waals surface area contributed by atoms with E-state index in [9.17, 15) is 9.18 Å². The number of fused-ring (bicyclic) bond motifs is 1. The van der Waals surface area contributed by atoms with Crippen LogP contribution in [0.15, 0.2) is 36.5 Å². The molecular formula is C22H23Cl2FN4O. The van der Waals surface area contributed by atoms with Crippen LogP contribution in [-0.4, -0.2) is 33.9 Å². The van der Waals surface area contributed by atoms with Crippen molar-refractivity contribution >= 4 is 52.3 Å². The minimum Gasteiger partial charge on any atom is -0.353 e. The SMILES string of the molecule is Cc1ccc2c(Nc3ccc(F)cc3Cl)c(C(=O)N3CCCCCC3)cnc2n1.Cl. The van der Waals surface area contributed by atoms with Crippen LogP contribution in [0.5, 0.6) is 0 Å². The van der Waals surface area contributed by atoms with Crippen molar-refractivity contribution in [3.63, 3.8) is 0 Å². The molecule has 8 heteroatoms. The second-order valence-electron chi connectivity index (χ2n) is 7.33. The topological polar surface area (TPSA) is 58.1 Å². The summed E-state index contributed by atoms with van der Waals surface area (Å²) in [5, 5.41) is 4.20. The van der Waals surface area contributed by atoms with Gasteiger partial charge in [0.05, 0.1) is 22.0 Å². The number of carbonyl (C=O) groups is 1. The molecule has 0 saturated carbocycles. The smallest absolute Gasteiger partial charge is 0.257 e. The second-order valence-corrected chi connectivity index (χ2v) is 7.73. The molecule has 3 heterocycles. The van der Waals surface area contributed by atoms with E-state index in [1.54, 1.807) is 12.3 Å². The van der Waals surface area contributed by atoms with Crippen molar-refractivity contribution in [2.24, 2.45) is 0 Å². The summed E-state index contributed by atoms with van der Waals surface area (Å²) in [7, 11) is 0. The van der Waals surface area contributed by atoms with Gasteiger partial charge in [-0.25, -0.2) is 14.4 Å². The van der Waals surface area contributed by atoms with Gasteiger partial charge in [0, 0.05) is 30.4 Å². The lowest BCUT2D eigenvalue weighted by atomic mass is 10.1. The number of likely N-dealkylation sites (tertiary alicyclic amines) is 1. The van der Waals surface area contributed by atoms with Crippen molar-refractivity contribution in [2.45, 2.75) is 32.6 Å². The molecule has 1 aromatic carbocycles. The van der Waals surface area contributed by atoms with E-state index in [2.05, 4.69) is 15.3 Å². The molecule has 1 aliphatic rings. The summed E-state index contributed by atoms with van der Waals surface area (Å²) >= 11 is 6.23. The number of pyridine rings is 2. The molecule has 3 aromatic rings. The summed E-state index contributed by atoms with van der Waals surface area (Å²) in [5.74, 6) is -0.485. The van der Waals surface area contributed by atoms with E-state index in [0.29, 0.717) is 22.6 Å². The number of aromatic nitrogens is 2. The molecule has 1 N–H and O–H groups in total. The molecule has 1 saturated heterocycles. The molecule has 1 aliphatic heterocycles. The van der Waals surface area contributed by atoms with Gasteiger partial charge in [-0.3, -0.25) is 4.79 Å². The molecule has 0 aliphatic carbocycles. The number of amides is 1. The molecule has 1 fully saturated rings. The number of nitrogens with one attached hydrogen (secondary N) is 1. The van der Waals surface area contributed by atoms with Crippen molar-refractivity contribution < 1.29 is 9.18 Å². The summed E-state index contributed by atoms with van der Waals surface area (Å²) < 4.78 is 13.5. The summed E-state index contributed by atoms with van der Waals surface area (Å²) in [4.78, 5) is 24.1. The highest BCUT2D eigenvalue weighted by Crippen LogP contribution is 2.33. The Morgan fingerprint density at radius 2 is 1.87 bits per heavy atom. The molecule has 5 nitrogen and oxygen atoms in total. The van der Waals surface area contributed by atoms with Crippen LogP contribution in [0.25, 0.3) is 11.0 Å². The zero-order valence-electron chi connectivity index (χ0n) is 16.6. The predicted molar refractivity (Wildman–Crippen MR) is 121 cm³/mol. The van der Waals surface area contributed by atoms with Crippen molar-refractivity contribution in [1.82, 2.24) is 14.9 Å². The summed E-state index contributed by atoms with van der Waals surface area (Å²) in [6.07, 6.45) is 5.85. The van der Waals surface area contributed by atoms with Gasteiger partial charge in [-0.2, -0.15) is 0 Å². The number of hydrogen-bond donors (Lipinski definition) is 1.